The van der Waals surface area contributed by atoms with Gasteiger partial charge in [0.05, 0.1) is 18.4 Å². The predicted molar refractivity (Wildman–Crippen MR) is 102 cm³/mol. The minimum Gasteiger partial charge on any atom is -0.496 e. The molecule has 2 aromatic carbocycles. The molecule has 0 aliphatic heterocycles. The van der Waals surface area contributed by atoms with Crippen LogP contribution in [-0.2, 0) is 6.18 Å². The van der Waals surface area contributed by atoms with Gasteiger partial charge in [-0.1, -0.05) is 0 Å². The third-order valence-corrected chi connectivity index (χ3v) is 4.18. The Bertz CT molecular complexity index is 1110. The number of ether oxygens (including phenoxy) is 2. The van der Waals surface area contributed by atoms with Gasteiger partial charge in [-0.3, -0.25) is 9.78 Å². The van der Waals surface area contributed by atoms with E-state index in [2.05, 4.69) is 15.0 Å². The fourth-order valence-electron chi connectivity index (χ4n) is 2.82. The van der Waals surface area contributed by atoms with Gasteiger partial charge in [-0.05, 0) is 54.6 Å². The first kappa shape index (κ1) is 22.9. The van der Waals surface area contributed by atoms with Crippen molar-refractivity contribution in [2.45, 2.75) is 12.5 Å². The number of methoxy groups -OCH3 is 1. The lowest BCUT2D eigenvalue weighted by Crippen LogP contribution is -2.17. The summed E-state index contributed by atoms with van der Waals surface area (Å²) >= 11 is 0. The van der Waals surface area contributed by atoms with Crippen LogP contribution in [0.4, 0.5) is 32.0 Å². The molecule has 0 aliphatic rings. The molecule has 0 bridgehead atoms. The number of hydrogen-bond donors (Lipinski definition) is 1. The Morgan fingerprint density at radius 1 is 0.969 bits per heavy atom. The van der Waals surface area contributed by atoms with Gasteiger partial charge in [0, 0.05) is 23.0 Å². The summed E-state index contributed by atoms with van der Waals surface area (Å²) in [5.41, 5.74) is -1.06. The number of halogens is 6. The zero-order valence-corrected chi connectivity index (χ0v) is 16.2. The molecule has 0 saturated heterocycles. The Morgan fingerprint density at radius 2 is 1.66 bits per heavy atom. The number of nitrogens with zero attached hydrogens (tertiary/aromatic N) is 1. The van der Waals surface area contributed by atoms with Gasteiger partial charge in [-0.2, -0.15) is 13.2 Å². The zero-order chi connectivity index (χ0) is 23.5. The van der Waals surface area contributed by atoms with Crippen molar-refractivity contribution in [3.8, 4) is 22.8 Å². The number of hydrogen-bond acceptors (Lipinski definition) is 4. The number of carbonyl (C=O) groups excluding carboxylic acids is 1. The highest BCUT2D eigenvalue weighted by atomic mass is 19.4. The number of anilines is 1. The van der Waals surface area contributed by atoms with Crippen LogP contribution < -0.4 is 14.8 Å². The first-order valence-electron chi connectivity index (χ1n) is 8.86. The first-order chi connectivity index (χ1) is 15.0. The van der Waals surface area contributed by atoms with Crippen LogP contribution in [-0.4, -0.2) is 24.4 Å². The van der Waals surface area contributed by atoms with E-state index in [0.29, 0.717) is 0 Å². The van der Waals surface area contributed by atoms with Crippen molar-refractivity contribution in [2.24, 2.45) is 0 Å². The second-order valence-electron chi connectivity index (χ2n) is 6.34. The summed E-state index contributed by atoms with van der Waals surface area (Å²) in [5, 5.41) is 2.47. The van der Waals surface area contributed by atoms with Crippen LogP contribution in [0.25, 0.3) is 11.3 Å². The molecule has 0 aliphatic carbocycles. The number of rotatable bonds is 5. The van der Waals surface area contributed by atoms with Gasteiger partial charge in [-0.25, -0.2) is 0 Å². The standard InChI is InChI=1S/C21H14F6N2O3/c1-31-17-11-12(4-9-15(17)18-16(20(22,23)24)3-2-10-28-18)19(30)29-13-5-7-14(8-6-13)32-21(25,26)27/h2-11H,1H3,(H,29,30). The van der Waals surface area contributed by atoms with E-state index in [1.165, 1.54) is 43.6 Å². The van der Waals surface area contributed by atoms with E-state index in [0.717, 1.165) is 24.3 Å². The van der Waals surface area contributed by atoms with Crippen LogP contribution in [0.3, 0.4) is 0 Å². The molecule has 0 unspecified atom stereocenters. The van der Waals surface area contributed by atoms with Crippen LogP contribution in [0.5, 0.6) is 11.5 Å². The van der Waals surface area contributed by atoms with Gasteiger partial charge in [0.2, 0.25) is 0 Å². The van der Waals surface area contributed by atoms with Crippen LogP contribution >= 0.6 is 0 Å². The molecule has 1 N–H and O–H groups in total. The van der Waals surface area contributed by atoms with Crippen molar-refractivity contribution >= 4 is 11.6 Å². The number of aromatic nitrogens is 1. The molecule has 1 amide bonds. The highest BCUT2D eigenvalue weighted by molar-refractivity contribution is 6.05. The third-order valence-electron chi connectivity index (χ3n) is 4.18. The van der Waals surface area contributed by atoms with Crippen LogP contribution in [0.15, 0.2) is 60.8 Å². The molecule has 11 heteroatoms. The maximum atomic E-state index is 13.3. The van der Waals surface area contributed by atoms with Crippen molar-refractivity contribution in [3.05, 3.63) is 71.9 Å². The minimum absolute atomic E-state index is 0.0178. The fourth-order valence-corrected chi connectivity index (χ4v) is 2.82. The first-order valence-corrected chi connectivity index (χ1v) is 8.86. The molecule has 3 aromatic rings. The fraction of sp³-hybridized carbons (Fsp3) is 0.143. The molecular formula is C21H14F6N2O3. The topological polar surface area (TPSA) is 60.5 Å². The Balaban J connectivity index is 1.84. The predicted octanol–water partition coefficient (Wildman–Crippen LogP) is 5.93. The van der Waals surface area contributed by atoms with E-state index in [1.807, 2.05) is 0 Å². The van der Waals surface area contributed by atoms with Crippen molar-refractivity contribution in [2.75, 3.05) is 12.4 Å². The molecule has 0 saturated carbocycles. The molecule has 3 rings (SSSR count). The van der Waals surface area contributed by atoms with Gasteiger partial charge >= 0.3 is 12.5 Å². The molecule has 1 aromatic heterocycles. The average molecular weight is 456 g/mol. The number of carbonyl (C=O) groups is 1. The number of pyridine rings is 1. The Hall–Kier alpha value is -3.76. The van der Waals surface area contributed by atoms with E-state index >= 15 is 0 Å². The Morgan fingerprint density at radius 3 is 2.25 bits per heavy atom. The molecular weight excluding hydrogens is 442 g/mol. The highest BCUT2D eigenvalue weighted by Gasteiger charge is 2.35. The molecule has 1 heterocycles. The summed E-state index contributed by atoms with van der Waals surface area (Å²) in [6.07, 6.45) is -8.29. The second-order valence-corrected chi connectivity index (χ2v) is 6.34. The molecule has 0 radical (unpaired) electrons. The average Bonchev–Trinajstić information content (AvgIpc) is 2.73. The summed E-state index contributed by atoms with van der Waals surface area (Å²) < 4.78 is 85.5. The van der Waals surface area contributed by atoms with Gasteiger partial charge in [0.15, 0.2) is 0 Å². The Kier molecular flexibility index (Phi) is 6.28. The molecule has 168 valence electrons. The smallest absolute Gasteiger partial charge is 0.496 e. The van der Waals surface area contributed by atoms with E-state index in [1.54, 1.807) is 0 Å². The van der Waals surface area contributed by atoms with Gasteiger partial charge < -0.3 is 14.8 Å². The maximum Gasteiger partial charge on any atom is 0.573 e. The van der Waals surface area contributed by atoms with Crippen LogP contribution in [0.2, 0.25) is 0 Å². The lowest BCUT2D eigenvalue weighted by Gasteiger charge is -2.15. The van der Waals surface area contributed by atoms with Gasteiger partial charge in [0.25, 0.3) is 5.91 Å². The van der Waals surface area contributed by atoms with E-state index in [9.17, 15) is 31.1 Å². The zero-order valence-electron chi connectivity index (χ0n) is 16.2. The van der Waals surface area contributed by atoms with Crippen LogP contribution in [0.1, 0.15) is 15.9 Å². The Labute approximate surface area is 177 Å². The maximum absolute atomic E-state index is 13.3. The van der Waals surface area contributed by atoms with E-state index in [-0.39, 0.29) is 28.3 Å². The number of benzene rings is 2. The number of alkyl halides is 6. The highest BCUT2D eigenvalue weighted by Crippen LogP contribution is 2.39. The van der Waals surface area contributed by atoms with Crippen molar-refractivity contribution in [1.82, 2.24) is 4.98 Å². The molecule has 32 heavy (non-hydrogen) atoms. The van der Waals surface area contributed by atoms with Crippen LogP contribution in [0, 0.1) is 0 Å². The molecule has 0 spiro atoms. The molecule has 5 nitrogen and oxygen atoms in total. The summed E-state index contributed by atoms with van der Waals surface area (Å²) in [4.78, 5) is 16.3. The summed E-state index contributed by atoms with van der Waals surface area (Å²) in [5.74, 6) is -1.13. The van der Waals surface area contributed by atoms with Crippen molar-refractivity contribution in [3.63, 3.8) is 0 Å². The molecule has 0 fully saturated rings. The van der Waals surface area contributed by atoms with E-state index in [4.69, 9.17) is 4.74 Å². The molecule has 0 atom stereocenters. The second kappa shape index (κ2) is 8.77. The normalized spacial score (nSPS) is 11.7. The summed E-state index contributed by atoms with van der Waals surface area (Å²) in [6, 6.07) is 10.3. The van der Waals surface area contributed by atoms with Gasteiger partial charge in [-0.15, -0.1) is 13.2 Å². The van der Waals surface area contributed by atoms with Crippen molar-refractivity contribution in [1.29, 1.82) is 0 Å². The summed E-state index contributed by atoms with van der Waals surface area (Å²) in [7, 11) is 1.23. The quantitative estimate of drug-likeness (QED) is 0.484. The van der Waals surface area contributed by atoms with Gasteiger partial charge in [0.1, 0.15) is 11.5 Å². The third kappa shape index (κ3) is 5.48. The lowest BCUT2D eigenvalue weighted by molar-refractivity contribution is -0.274. The SMILES string of the molecule is COc1cc(C(=O)Nc2ccc(OC(F)(F)F)cc2)ccc1-c1ncccc1C(F)(F)F. The van der Waals surface area contributed by atoms with Crippen molar-refractivity contribution < 1.29 is 40.6 Å². The lowest BCUT2D eigenvalue weighted by atomic mass is 10.0. The monoisotopic (exact) mass is 456 g/mol. The largest absolute Gasteiger partial charge is 0.573 e. The summed E-state index contributed by atoms with van der Waals surface area (Å²) in [6.45, 7) is 0. The number of amides is 1. The van der Waals surface area contributed by atoms with E-state index < -0.39 is 29.8 Å². The minimum atomic E-state index is -4.84. The number of nitrogens with one attached hydrogen (secondary N) is 1.